The Bertz CT molecular complexity index is 1030. The van der Waals surface area contributed by atoms with Crippen LogP contribution in [0.15, 0.2) is 66.7 Å². The van der Waals surface area contributed by atoms with Crippen molar-refractivity contribution in [2.24, 2.45) is 0 Å². The van der Waals surface area contributed by atoms with Crippen LogP contribution < -0.4 is 4.74 Å². The number of esters is 1. The van der Waals surface area contributed by atoms with Crippen molar-refractivity contribution in [1.29, 1.82) is 0 Å². The molecule has 0 heterocycles. The van der Waals surface area contributed by atoms with Gasteiger partial charge in [-0.25, -0.2) is 0 Å². The highest BCUT2D eigenvalue weighted by Gasteiger charge is 2.23. The van der Waals surface area contributed by atoms with Gasteiger partial charge in [0.15, 0.2) is 0 Å². The summed E-state index contributed by atoms with van der Waals surface area (Å²) in [6.45, 7) is 4.80. The summed E-state index contributed by atoms with van der Waals surface area (Å²) in [4.78, 5) is 27.0. The SMILES string of the molecule is CCOC(=O)CCN(Cc1ccccc1)C(=O)[C@@H](C)c1ccc2cc(OC)ccc2c1. The predicted molar refractivity (Wildman–Crippen MR) is 122 cm³/mol. The van der Waals surface area contributed by atoms with Crippen LogP contribution in [0.5, 0.6) is 5.75 Å². The fourth-order valence-corrected chi connectivity index (χ4v) is 3.59. The first-order valence-electron chi connectivity index (χ1n) is 10.6. The Morgan fingerprint density at radius 1 is 0.968 bits per heavy atom. The average Bonchev–Trinajstić information content (AvgIpc) is 2.81. The van der Waals surface area contributed by atoms with Gasteiger partial charge in [0, 0.05) is 13.1 Å². The van der Waals surface area contributed by atoms with Crippen molar-refractivity contribution >= 4 is 22.6 Å². The van der Waals surface area contributed by atoms with E-state index in [1.165, 1.54) is 0 Å². The zero-order valence-corrected chi connectivity index (χ0v) is 18.3. The van der Waals surface area contributed by atoms with E-state index in [0.717, 1.165) is 27.6 Å². The van der Waals surface area contributed by atoms with Crippen molar-refractivity contribution in [2.45, 2.75) is 32.7 Å². The number of nitrogens with zero attached hydrogens (tertiary/aromatic N) is 1. The van der Waals surface area contributed by atoms with E-state index >= 15 is 0 Å². The Labute approximate surface area is 183 Å². The van der Waals surface area contributed by atoms with Crippen LogP contribution in [0.25, 0.3) is 10.8 Å². The highest BCUT2D eigenvalue weighted by molar-refractivity contribution is 5.88. The van der Waals surface area contributed by atoms with Crippen LogP contribution in [0.4, 0.5) is 0 Å². The number of methoxy groups -OCH3 is 1. The summed E-state index contributed by atoms with van der Waals surface area (Å²) in [5.74, 6) is 0.163. The largest absolute Gasteiger partial charge is 0.497 e. The van der Waals surface area contributed by atoms with E-state index in [1.54, 1.807) is 18.9 Å². The number of carbonyl (C=O) groups is 2. The quantitative estimate of drug-likeness (QED) is 0.461. The van der Waals surface area contributed by atoms with Gasteiger partial charge >= 0.3 is 5.97 Å². The normalized spacial score (nSPS) is 11.7. The van der Waals surface area contributed by atoms with Gasteiger partial charge in [-0.3, -0.25) is 9.59 Å². The van der Waals surface area contributed by atoms with Crippen molar-refractivity contribution in [2.75, 3.05) is 20.3 Å². The molecule has 0 saturated carbocycles. The van der Waals surface area contributed by atoms with E-state index < -0.39 is 0 Å². The molecular weight excluding hydrogens is 390 g/mol. The smallest absolute Gasteiger partial charge is 0.307 e. The Morgan fingerprint density at radius 3 is 2.39 bits per heavy atom. The number of benzene rings is 3. The number of rotatable bonds is 9. The van der Waals surface area contributed by atoms with Crippen LogP contribution in [0.3, 0.4) is 0 Å². The van der Waals surface area contributed by atoms with E-state index in [1.807, 2.05) is 73.7 Å². The van der Waals surface area contributed by atoms with Gasteiger partial charge in [0.2, 0.25) is 5.91 Å². The maximum atomic E-state index is 13.4. The second kappa shape index (κ2) is 10.6. The van der Waals surface area contributed by atoms with E-state index in [-0.39, 0.29) is 24.2 Å². The molecule has 3 aromatic carbocycles. The van der Waals surface area contributed by atoms with E-state index in [9.17, 15) is 9.59 Å². The number of carbonyl (C=O) groups excluding carboxylic acids is 2. The third kappa shape index (κ3) is 5.85. The molecule has 0 fully saturated rings. The first-order valence-corrected chi connectivity index (χ1v) is 10.6. The van der Waals surface area contributed by atoms with Gasteiger partial charge in [-0.2, -0.15) is 0 Å². The summed E-state index contributed by atoms with van der Waals surface area (Å²) in [5, 5.41) is 2.12. The van der Waals surface area contributed by atoms with Crippen LogP contribution >= 0.6 is 0 Å². The first-order chi connectivity index (χ1) is 15.0. The van der Waals surface area contributed by atoms with E-state index in [0.29, 0.717) is 19.7 Å². The van der Waals surface area contributed by atoms with Gasteiger partial charge < -0.3 is 14.4 Å². The van der Waals surface area contributed by atoms with Crippen molar-refractivity contribution in [3.05, 3.63) is 77.9 Å². The van der Waals surface area contributed by atoms with Crippen LogP contribution in [0.2, 0.25) is 0 Å². The summed E-state index contributed by atoms with van der Waals surface area (Å²) >= 11 is 0. The maximum Gasteiger partial charge on any atom is 0.307 e. The second-order valence-electron chi connectivity index (χ2n) is 7.49. The highest BCUT2D eigenvalue weighted by Crippen LogP contribution is 2.26. The van der Waals surface area contributed by atoms with Crippen LogP contribution in [-0.2, 0) is 20.9 Å². The highest BCUT2D eigenvalue weighted by atomic mass is 16.5. The average molecular weight is 420 g/mol. The van der Waals surface area contributed by atoms with E-state index in [2.05, 4.69) is 0 Å². The molecular formula is C26H29NO4. The number of hydrogen-bond donors (Lipinski definition) is 0. The van der Waals surface area contributed by atoms with Gasteiger partial charge in [0.1, 0.15) is 5.75 Å². The molecule has 3 rings (SSSR count). The summed E-state index contributed by atoms with van der Waals surface area (Å²) in [5.41, 5.74) is 1.97. The predicted octanol–water partition coefficient (Wildman–Crippen LogP) is 4.93. The van der Waals surface area contributed by atoms with Crippen molar-refractivity contribution in [3.63, 3.8) is 0 Å². The molecule has 0 aliphatic rings. The molecule has 0 aromatic heterocycles. The summed E-state index contributed by atoms with van der Waals surface area (Å²) in [6.07, 6.45) is 0.177. The Balaban J connectivity index is 1.81. The molecule has 0 N–H and O–H groups in total. The minimum Gasteiger partial charge on any atom is -0.497 e. The molecule has 0 bridgehead atoms. The van der Waals surface area contributed by atoms with Gasteiger partial charge in [-0.1, -0.05) is 54.6 Å². The minimum absolute atomic E-state index is 0.0130. The zero-order chi connectivity index (χ0) is 22.2. The molecule has 1 amide bonds. The van der Waals surface area contributed by atoms with Gasteiger partial charge in [-0.05, 0) is 47.9 Å². The van der Waals surface area contributed by atoms with Crippen LogP contribution in [0, 0.1) is 0 Å². The number of amides is 1. The third-order valence-corrected chi connectivity index (χ3v) is 5.36. The van der Waals surface area contributed by atoms with Gasteiger partial charge in [-0.15, -0.1) is 0 Å². The lowest BCUT2D eigenvalue weighted by atomic mass is 9.96. The zero-order valence-electron chi connectivity index (χ0n) is 18.3. The monoisotopic (exact) mass is 419 g/mol. The molecule has 1 atom stereocenters. The molecule has 0 aliphatic heterocycles. The molecule has 162 valence electrons. The fourth-order valence-electron chi connectivity index (χ4n) is 3.59. The summed E-state index contributed by atoms with van der Waals surface area (Å²) < 4.78 is 10.3. The topological polar surface area (TPSA) is 55.8 Å². The lowest BCUT2D eigenvalue weighted by Crippen LogP contribution is -2.35. The standard InChI is InChI=1S/C26H29NO4/c1-4-31-25(28)14-15-27(18-20-8-6-5-7-9-20)26(29)19(2)21-10-11-23-17-24(30-3)13-12-22(23)16-21/h5-13,16-17,19H,4,14-15,18H2,1-3H3/t19-/m0/s1. The van der Waals surface area contributed by atoms with E-state index in [4.69, 9.17) is 9.47 Å². The summed E-state index contributed by atoms with van der Waals surface area (Å²) in [6, 6.07) is 21.7. The molecule has 0 saturated heterocycles. The molecule has 5 nitrogen and oxygen atoms in total. The first kappa shape index (κ1) is 22.3. The number of hydrogen-bond acceptors (Lipinski definition) is 4. The van der Waals surface area contributed by atoms with Crippen molar-refractivity contribution < 1.29 is 19.1 Å². The van der Waals surface area contributed by atoms with Crippen LogP contribution in [0.1, 0.15) is 37.3 Å². The lowest BCUT2D eigenvalue weighted by Gasteiger charge is -2.26. The third-order valence-electron chi connectivity index (χ3n) is 5.36. The van der Waals surface area contributed by atoms with Gasteiger partial charge in [0.25, 0.3) is 0 Å². The molecule has 0 aliphatic carbocycles. The molecule has 5 heteroatoms. The molecule has 0 unspecified atom stereocenters. The Hall–Kier alpha value is -3.34. The molecule has 3 aromatic rings. The summed E-state index contributed by atoms with van der Waals surface area (Å²) in [7, 11) is 1.65. The molecule has 0 radical (unpaired) electrons. The molecule has 0 spiro atoms. The Kier molecular flexibility index (Phi) is 7.65. The number of ether oxygens (including phenoxy) is 2. The van der Waals surface area contributed by atoms with Crippen molar-refractivity contribution in [3.8, 4) is 5.75 Å². The molecule has 31 heavy (non-hydrogen) atoms. The van der Waals surface area contributed by atoms with Gasteiger partial charge in [0.05, 0.1) is 26.1 Å². The van der Waals surface area contributed by atoms with Crippen molar-refractivity contribution in [1.82, 2.24) is 4.90 Å². The fraction of sp³-hybridized carbons (Fsp3) is 0.308. The minimum atomic E-state index is -0.336. The van der Waals surface area contributed by atoms with Crippen LogP contribution in [-0.4, -0.2) is 37.0 Å². The number of fused-ring (bicyclic) bond motifs is 1. The Morgan fingerprint density at radius 2 is 1.68 bits per heavy atom. The second-order valence-corrected chi connectivity index (χ2v) is 7.49. The maximum absolute atomic E-state index is 13.4. The lowest BCUT2D eigenvalue weighted by molar-refractivity contribution is -0.144.